The van der Waals surface area contributed by atoms with Crippen molar-refractivity contribution in [2.45, 2.75) is 122 Å². The fourth-order valence-electron chi connectivity index (χ4n) is 9.71. The van der Waals surface area contributed by atoms with Gasteiger partial charge in [-0.05, 0) is 98.7 Å². The Morgan fingerprint density at radius 2 is 1.39 bits per heavy atom. The van der Waals surface area contributed by atoms with Crippen molar-refractivity contribution in [1.82, 2.24) is 0 Å². The molecule has 6 rings (SSSR count). The number of benzene rings is 1. The topological polar surface area (TPSA) is 68.3 Å². The van der Waals surface area contributed by atoms with E-state index in [1.807, 2.05) is 31.2 Å². The minimum absolute atomic E-state index is 0.0225. The third-order valence-corrected chi connectivity index (χ3v) is 12.4. The molecule has 1 aromatic rings. The lowest BCUT2D eigenvalue weighted by Crippen LogP contribution is -2.41. The molecule has 5 aliphatic rings. The van der Waals surface area contributed by atoms with Gasteiger partial charge in [-0.25, -0.2) is 0 Å². The van der Waals surface area contributed by atoms with Crippen LogP contribution in [0, 0.1) is 40.9 Å². The van der Waals surface area contributed by atoms with Crippen LogP contribution < -0.4 is 0 Å². The number of hydrogen-bond acceptors (Lipinski definition) is 4. The highest BCUT2D eigenvalue weighted by Gasteiger charge is 2.45. The smallest absolute Gasteiger partial charge is 0.160 e. The third-order valence-electron chi connectivity index (χ3n) is 12.4. The van der Waals surface area contributed by atoms with Crippen LogP contribution in [0.5, 0.6) is 0 Å². The van der Waals surface area contributed by atoms with E-state index in [9.17, 15) is 19.2 Å². The average molecular weight is 597 g/mol. The standard InChI is InChI=1S/C40H52O4/c1-40(25-37(42)30-11-5-6-12-30,39(44)32-21-15-28(16-22-32)27-9-3-2-4-10-27)26-38(43)31-19-17-29(18-20-31)35-23-33-13-7-8-14-34(33)24-36(35)41/h5-8,11,13-14,27-29,31-32,35H,2-4,9-10,12,15-26H2,1H3/t28?,29?,31?,32?,35?,40-/m0/s1. The molecule has 0 saturated heterocycles. The lowest BCUT2D eigenvalue weighted by atomic mass is 9.64. The van der Waals surface area contributed by atoms with Crippen LogP contribution in [0.15, 0.2) is 48.1 Å². The van der Waals surface area contributed by atoms with E-state index < -0.39 is 5.41 Å². The summed E-state index contributed by atoms with van der Waals surface area (Å²) in [6.45, 7) is 1.92. The Balaban J connectivity index is 1.08. The van der Waals surface area contributed by atoms with Gasteiger partial charge in [-0.1, -0.05) is 81.5 Å². The number of allylic oxidation sites excluding steroid dienone is 4. The fourth-order valence-corrected chi connectivity index (χ4v) is 9.71. The molecular formula is C40H52O4. The average Bonchev–Trinajstić information content (AvgIpc) is 3.60. The van der Waals surface area contributed by atoms with E-state index in [-0.39, 0.29) is 47.9 Å². The molecule has 0 amide bonds. The molecule has 0 heterocycles. The van der Waals surface area contributed by atoms with Gasteiger partial charge >= 0.3 is 0 Å². The van der Waals surface area contributed by atoms with Crippen LogP contribution in [0.4, 0.5) is 0 Å². The second-order valence-electron chi connectivity index (χ2n) is 15.3. The summed E-state index contributed by atoms with van der Waals surface area (Å²) in [6, 6.07) is 8.30. The Morgan fingerprint density at radius 3 is 2.07 bits per heavy atom. The molecule has 0 bridgehead atoms. The first kappa shape index (κ1) is 31.4. The van der Waals surface area contributed by atoms with Crippen LogP contribution >= 0.6 is 0 Å². The maximum atomic E-state index is 14.3. The van der Waals surface area contributed by atoms with E-state index in [0.717, 1.165) is 75.2 Å². The van der Waals surface area contributed by atoms with Crippen molar-refractivity contribution in [3.63, 3.8) is 0 Å². The van der Waals surface area contributed by atoms with Crippen molar-refractivity contribution < 1.29 is 19.2 Å². The summed E-state index contributed by atoms with van der Waals surface area (Å²) < 4.78 is 0. The van der Waals surface area contributed by atoms with Crippen LogP contribution in [-0.2, 0) is 32.0 Å². The van der Waals surface area contributed by atoms with Crippen molar-refractivity contribution in [3.05, 3.63) is 59.2 Å². The molecule has 236 valence electrons. The highest BCUT2D eigenvalue weighted by Crippen LogP contribution is 2.45. The monoisotopic (exact) mass is 596 g/mol. The van der Waals surface area contributed by atoms with E-state index in [2.05, 4.69) is 18.2 Å². The SMILES string of the molecule is C[C@](CC(=O)C1=CC=CC1)(CC(=O)C1CCC(C2Cc3ccccc3CC2=O)CC1)C(=O)C1CCC(C2CCCCC2)CC1. The highest BCUT2D eigenvalue weighted by molar-refractivity contribution is 6.02. The number of fused-ring (bicyclic) bond motifs is 1. The number of carbonyl (C=O) groups is 4. The van der Waals surface area contributed by atoms with Gasteiger partial charge in [0, 0.05) is 42.4 Å². The first-order chi connectivity index (χ1) is 21.3. The first-order valence-corrected chi connectivity index (χ1v) is 17.9. The molecule has 0 spiro atoms. The summed E-state index contributed by atoms with van der Waals surface area (Å²) in [6.07, 6.45) is 22.2. The zero-order valence-corrected chi connectivity index (χ0v) is 26.9. The van der Waals surface area contributed by atoms with Crippen LogP contribution in [0.3, 0.4) is 0 Å². The molecule has 0 radical (unpaired) electrons. The Bertz CT molecular complexity index is 1300. The summed E-state index contributed by atoms with van der Waals surface area (Å²) in [5.41, 5.74) is 2.29. The number of carbonyl (C=O) groups excluding carboxylic acids is 4. The molecule has 0 aromatic heterocycles. The van der Waals surface area contributed by atoms with Gasteiger partial charge in [0.25, 0.3) is 0 Å². The van der Waals surface area contributed by atoms with Gasteiger partial charge < -0.3 is 0 Å². The molecular weight excluding hydrogens is 544 g/mol. The van der Waals surface area contributed by atoms with Crippen molar-refractivity contribution in [2.24, 2.45) is 40.9 Å². The lowest BCUT2D eigenvalue weighted by molar-refractivity contribution is -0.141. The summed E-state index contributed by atoms with van der Waals surface area (Å²) in [7, 11) is 0. The van der Waals surface area contributed by atoms with Crippen molar-refractivity contribution in [1.29, 1.82) is 0 Å². The van der Waals surface area contributed by atoms with Gasteiger partial charge in [0.05, 0.1) is 0 Å². The summed E-state index contributed by atoms with van der Waals surface area (Å²) in [5.74, 6) is 2.53. The molecule has 2 atom stereocenters. The second-order valence-corrected chi connectivity index (χ2v) is 15.3. The zero-order chi connectivity index (χ0) is 30.7. The van der Waals surface area contributed by atoms with Gasteiger partial charge in [-0.2, -0.15) is 0 Å². The van der Waals surface area contributed by atoms with Gasteiger partial charge in [-0.3, -0.25) is 19.2 Å². The van der Waals surface area contributed by atoms with Gasteiger partial charge in [0.1, 0.15) is 17.3 Å². The number of Topliss-reactive ketones (excluding diaryl/α,β-unsaturated/α-hetero) is 4. The minimum atomic E-state index is -0.945. The van der Waals surface area contributed by atoms with Gasteiger partial charge in [0.15, 0.2) is 5.78 Å². The molecule has 3 fully saturated rings. The Labute approximate surface area is 264 Å². The predicted octanol–water partition coefficient (Wildman–Crippen LogP) is 8.54. The highest BCUT2D eigenvalue weighted by atomic mass is 16.1. The second kappa shape index (κ2) is 13.8. The summed E-state index contributed by atoms with van der Waals surface area (Å²) >= 11 is 0. The van der Waals surface area contributed by atoms with Crippen molar-refractivity contribution in [2.75, 3.05) is 0 Å². The summed E-state index contributed by atoms with van der Waals surface area (Å²) in [5, 5.41) is 0. The molecule has 5 aliphatic carbocycles. The minimum Gasteiger partial charge on any atom is -0.299 e. The quantitative estimate of drug-likeness (QED) is 0.271. The van der Waals surface area contributed by atoms with Gasteiger partial charge in [0.2, 0.25) is 0 Å². The molecule has 4 nitrogen and oxygen atoms in total. The van der Waals surface area contributed by atoms with Crippen LogP contribution in [0.1, 0.15) is 121 Å². The van der Waals surface area contributed by atoms with Crippen LogP contribution in [0.2, 0.25) is 0 Å². The molecule has 1 aromatic carbocycles. The van der Waals surface area contributed by atoms with Crippen LogP contribution in [0.25, 0.3) is 0 Å². The predicted molar refractivity (Wildman–Crippen MR) is 174 cm³/mol. The Kier molecular flexibility index (Phi) is 9.83. The molecule has 1 unspecified atom stereocenters. The van der Waals surface area contributed by atoms with E-state index in [1.54, 1.807) is 0 Å². The molecule has 0 aliphatic heterocycles. The number of hydrogen-bond donors (Lipinski definition) is 0. The van der Waals surface area contributed by atoms with E-state index in [1.165, 1.54) is 43.2 Å². The lowest BCUT2D eigenvalue weighted by Gasteiger charge is -2.39. The normalized spacial score (nSPS) is 30.7. The maximum absolute atomic E-state index is 14.3. The van der Waals surface area contributed by atoms with Crippen molar-refractivity contribution in [3.8, 4) is 0 Å². The third kappa shape index (κ3) is 6.95. The number of rotatable bonds is 10. The Hall–Kier alpha value is -2.62. The van der Waals surface area contributed by atoms with E-state index in [0.29, 0.717) is 24.5 Å². The summed E-state index contributed by atoms with van der Waals surface area (Å²) in [4.78, 5) is 54.7. The number of ketones is 4. The van der Waals surface area contributed by atoms with Crippen molar-refractivity contribution >= 4 is 23.1 Å². The molecule has 4 heteroatoms. The van der Waals surface area contributed by atoms with E-state index in [4.69, 9.17) is 0 Å². The van der Waals surface area contributed by atoms with Crippen LogP contribution in [-0.4, -0.2) is 23.1 Å². The maximum Gasteiger partial charge on any atom is 0.160 e. The fraction of sp³-hybridized carbons (Fsp3) is 0.650. The molecule has 44 heavy (non-hydrogen) atoms. The largest absolute Gasteiger partial charge is 0.299 e. The Morgan fingerprint density at radius 1 is 0.750 bits per heavy atom. The zero-order valence-electron chi connectivity index (χ0n) is 26.9. The molecule has 0 N–H and O–H groups in total. The van der Waals surface area contributed by atoms with E-state index >= 15 is 0 Å². The molecule has 3 saturated carbocycles. The van der Waals surface area contributed by atoms with Gasteiger partial charge in [-0.15, -0.1) is 0 Å². The first-order valence-electron chi connectivity index (χ1n) is 17.9.